The van der Waals surface area contributed by atoms with E-state index in [2.05, 4.69) is 10.6 Å². The van der Waals surface area contributed by atoms with E-state index in [0.717, 1.165) is 5.56 Å². The standard InChI is InChI=1S/C22H20N4O4/c1-11-17-18(22(25-11)15-5-3-4-6-16(15)24-21(22)30)20(29)26(19(17)28)14-9-7-13(8-10-14)23-12(2)27/h3-11,17-18,25H,1-2H3,(H,23,27)(H,24,30)/p+1/t11-,17-,18+,22+/m1/s1. The SMILES string of the molecule is CC(=O)Nc1ccc(N2C(=O)[C@H]3[C@@H](C2=O)[C@]2([NH2+][C@@H]3C)C(=O)Nc3ccccc32)cc1. The molecule has 8 nitrogen and oxygen atoms in total. The number of quaternary nitrogens is 1. The van der Waals surface area contributed by atoms with E-state index in [1.165, 1.54) is 11.8 Å². The second-order valence-electron chi connectivity index (χ2n) is 8.14. The zero-order chi connectivity index (χ0) is 21.2. The number of imide groups is 1. The van der Waals surface area contributed by atoms with Crippen LogP contribution in [0.2, 0.25) is 0 Å². The topological polar surface area (TPSA) is 112 Å². The minimum Gasteiger partial charge on any atom is -0.326 e. The van der Waals surface area contributed by atoms with E-state index in [1.807, 2.05) is 36.5 Å². The second kappa shape index (κ2) is 6.24. The highest BCUT2D eigenvalue weighted by molar-refractivity contribution is 6.25. The van der Waals surface area contributed by atoms with Crippen molar-refractivity contribution in [3.05, 3.63) is 54.1 Å². The molecule has 2 aromatic rings. The molecule has 30 heavy (non-hydrogen) atoms. The van der Waals surface area contributed by atoms with Crippen LogP contribution in [0.5, 0.6) is 0 Å². The maximum atomic E-state index is 13.6. The highest BCUT2D eigenvalue weighted by Crippen LogP contribution is 2.49. The Hall–Kier alpha value is -3.52. The number of carbonyl (C=O) groups excluding carboxylic acids is 4. The predicted molar refractivity (Wildman–Crippen MR) is 108 cm³/mol. The van der Waals surface area contributed by atoms with E-state index in [-0.39, 0.29) is 29.7 Å². The molecule has 2 aromatic carbocycles. The predicted octanol–water partition coefficient (Wildman–Crippen LogP) is 0.564. The van der Waals surface area contributed by atoms with Gasteiger partial charge in [-0.25, -0.2) is 4.90 Å². The molecule has 4 atom stereocenters. The molecule has 2 fully saturated rings. The molecule has 4 amide bonds. The molecule has 0 saturated carbocycles. The average molecular weight is 405 g/mol. The van der Waals surface area contributed by atoms with Crippen molar-refractivity contribution in [2.24, 2.45) is 11.8 Å². The van der Waals surface area contributed by atoms with Gasteiger partial charge in [0.05, 0.1) is 17.4 Å². The number of para-hydroxylation sites is 1. The number of nitrogens with one attached hydrogen (secondary N) is 2. The summed E-state index contributed by atoms with van der Waals surface area (Å²) in [7, 11) is 0. The summed E-state index contributed by atoms with van der Waals surface area (Å²) in [5.41, 5.74) is 1.30. The fraction of sp³-hybridized carbons (Fsp3) is 0.273. The third kappa shape index (κ3) is 2.31. The first-order valence-electron chi connectivity index (χ1n) is 9.87. The molecule has 3 aliphatic heterocycles. The Bertz CT molecular complexity index is 1110. The fourth-order valence-electron chi connectivity index (χ4n) is 5.25. The first-order valence-corrected chi connectivity index (χ1v) is 9.87. The van der Waals surface area contributed by atoms with Crippen LogP contribution in [-0.2, 0) is 24.7 Å². The lowest BCUT2D eigenvalue weighted by molar-refractivity contribution is -0.730. The maximum absolute atomic E-state index is 13.6. The summed E-state index contributed by atoms with van der Waals surface area (Å²) in [5, 5.41) is 7.42. The molecule has 3 aliphatic rings. The van der Waals surface area contributed by atoms with Crippen LogP contribution in [0.4, 0.5) is 17.1 Å². The van der Waals surface area contributed by atoms with Gasteiger partial charge < -0.3 is 16.0 Å². The quantitative estimate of drug-likeness (QED) is 0.634. The Kier molecular flexibility index (Phi) is 3.85. The molecule has 0 aliphatic carbocycles. The average Bonchev–Trinajstić information content (AvgIpc) is 3.27. The zero-order valence-electron chi connectivity index (χ0n) is 16.5. The summed E-state index contributed by atoms with van der Waals surface area (Å²) in [6.45, 7) is 3.29. The van der Waals surface area contributed by atoms with Crippen LogP contribution < -0.4 is 20.9 Å². The third-order valence-electron chi connectivity index (χ3n) is 6.38. The molecule has 4 N–H and O–H groups in total. The number of nitrogens with zero attached hydrogens (tertiary/aromatic N) is 1. The van der Waals surface area contributed by atoms with Gasteiger partial charge in [0.25, 0.3) is 5.91 Å². The first-order chi connectivity index (χ1) is 14.3. The molecule has 5 rings (SSSR count). The molecule has 1 spiro atoms. The number of carbonyl (C=O) groups is 4. The summed E-state index contributed by atoms with van der Waals surface area (Å²) in [5.74, 6) is -2.50. The van der Waals surface area contributed by atoms with Crippen molar-refractivity contribution in [3.8, 4) is 0 Å². The van der Waals surface area contributed by atoms with E-state index in [9.17, 15) is 19.2 Å². The van der Waals surface area contributed by atoms with Gasteiger partial charge >= 0.3 is 0 Å². The molecule has 152 valence electrons. The summed E-state index contributed by atoms with van der Waals surface area (Å²) in [6.07, 6.45) is 0. The van der Waals surface area contributed by atoms with Crippen LogP contribution in [0, 0.1) is 11.8 Å². The monoisotopic (exact) mass is 405 g/mol. The van der Waals surface area contributed by atoms with Crippen LogP contribution in [-0.4, -0.2) is 29.7 Å². The molecule has 0 bridgehead atoms. The lowest BCUT2D eigenvalue weighted by atomic mass is 9.76. The van der Waals surface area contributed by atoms with Gasteiger partial charge in [-0.15, -0.1) is 0 Å². The molecular formula is C22H21N4O4+. The van der Waals surface area contributed by atoms with E-state index >= 15 is 0 Å². The van der Waals surface area contributed by atoms with Crippen LogP contribution >= 0.6 is 0 Å². The summed E-state index contributed by atoms with van der Waals surface area (Å²) in [6, 6.07) is 13.7. The van der Waals surface area contributed by atoms with Crippen LogP contribution in [0.25, 0.3) is 0 Å². The van der Waals surface area contributed by atoms with Crippen molar-refractivity contribution in [3.63, 3.8) is 0 Å². The number of fused-ring (bicyclic) bond motifs is 4. The van der Waals surface area contributed by atoms with Crippen molar-refractivity contribution >= 4 is 40.7 Å². The smallest absolute Gasteiger partial charge is 0.291 e. The van der Waals surface area contributed by atoms with Gasteiger partial charge in [-0.2, -0.15) is 0 Å². The lowest BCUT2D eigenvalue weighted by Crippen LogP contribution is -2.98. The molecule has 8 heteroatoms. The van der Waals surface area contributed by atoms with Gasteiger partial charge in [-0.1, -0.05) is 18.2 Å². The Morgan fingerprint density at radius 1 is 1.07 bits per heavy atom. The van der Waals surface area contributed by atoms with Gasteiger partial charge in [-0.05, 0) is 37.3 Å². The lowest BCUT2D eigenvalue weighted by Gasteiger charge is -2.25. The second-order valence-corrected chi connectivity index (χ2v) is 8.14. The fourth-order valence-corrected chi connectivity index (χ4v) is 5.25. The highest BCUT2D eigenvalue weighted by atomic mass is 16.2. The number of nitrogens with two attached hydrogens (primary N) is 1. The zero-order valence-corrected chi connectivity index (χ0v) is 16.5. The number of hydrogen-bond acceptors (Lipinski definition) is 4. The molecule has 0 radical (unpaired) electrons. The number of anilines is 3. The Morgan fingerprint density at radius 3 is 2.47 bits per heavy atom. The number of benzene rings is 2. The van der Waals surface area contributed by atoms with E-state index in [1.54, 1.807) is 24.3 Å². The van der Waals surface area contributed by atoms with Crippen molar-refractivity contribution in [1.29, 1.82) is 0 Å². The van der Waals surface area contributed by atoms with E-state index in [0.29, 0.717) is 17.1 Å². The van der Waals surface area contributed by atoms with E-state index < -0.39 is 17.4 Å². The minimum absolute atomic E-state index is 0.206. The molecule has 0 unspecified atom stereocenters. The van der Waals surface area contributed by atoms with Gasteiger partial charge in [0, 0.05) is 18.2 Å². The first kappa shape index (κ1) is 18.5. The van der Waals surface area contributed by atoms with Crippen LogP contribution in [0.15, 0.2) is 48.5 Å². The number of hydrogen-bond donors (Lipinski definition) is 3. The summed E-state index contributed by atoms with van der Waals surface area (Å²) >= 11 is 0. The van der Waals surface area contributed by atoms with Crippen molar-refractivity contribution in [1.82, 2.24) is 0 Å². The van der Waals surface area contributed by atoms with Crippen LogP contribution in [0.1, 0.15) is 19.4 Å². The molecule has 3 heterocycles. The normalized spacial score (nSPS) is 29.2. The van der Waals surface area contributed by atoms with E-state index in [4.69, 9.17) is 0 Å². The van der Waals surface area contributed by atoms with Crippen LogP contribution in [0.3, 0.4) is 0 Å². The van der Waals surface area contributed by atoms with Crippen molar-refractivity contribution < 1.29 is 24.5 Å². The number of rotatable bonds is 2. The van der Waals surface area contributed by atoms with Crippen molar-refractivity contribution in [2.45, 2.75) is 25.4 Å². The largest absolute Gasteiger partial charge is 0.326 e. The minimum atomic E-state index is -1.14. The van der Waals surface area contributed by atoms with Gasteiger partial charge in [-0.3, -0.25) is 19.2 Å². The Balaban J connectivity index is 1.56. The van der Waals surface area contributed by atoms with Gasteiger partial charge in [0.2, 0.25) is 23.3 Å². The molecular weight excluding hydrogens is 384 g/mol. The Morgan fingerprint density at radius 2 is 1.77 bits per heavy atom. The van der Waals surface area contributed by atoms with Crippen molar-refractivity contribution in [2.75, 3.05) is 15.5 Å². The molecule has 2 saturated heterocycles. The summed E-state index contributed by atoms with van der Waals surface area (Å²) in [4.78, 5) is 52.4. The highest BCUT2D eigenvalue weighted by Gasteiger charge is 2.73. The van der Waals surface area contributed by atoms with Gasteiger partial charge in [0.15, 0.2) is 0 Å². The van der Waals surface area contributed by atoms with Gasteiger partial charge in [0.1, 0.15) is 11.8 Å². The summed E-state index contributed by atoms with van der Waals surface area (Å²) < 4.78 is 0. The maximum Gasteiger partial charge on any atom is 0.291 e. The molecule has 0 aromatic heterocycles. The number of amides is 4. The Labute approximate surface area is 172 Å². The third-order valence-corrected chi connectivity index (χ3v) is 6.38.